The Morgan fingerprint density at radius 3 is 2.45 bits per heavy atom. The average Bonchev–Trinajstić information content (AvgIpc) is 3.13. The molecule has 2 nitrogen and oxygen atoms in total. The number of hydrogen-bond acceptors (Lipinski definition) is 1. The second-order valence-electron chi connectivity index (χ2n) is 6.71. The monoisotopic (exact) mass is 295 g/mol. The second-order valence-corrected chi connectivity index (χ2v) is 6.71. The molecule has 3 heteroatoms. The number of benzene rings is 2. The van der Waals surface area contributed by atoms with Gasteiger partial charge in [0.15, 0.2) is 0 Å². The van der Waals surface area contributed by atoms with E-state index in [0.29, 0.717) is 0 Å². The number of anilines is 1. The normalized spacial score (nSPS) is 28.8. The van der Waals surface area contributed by atoms with Crippen LogP contribution in [0.15, 0.2) is 48.5 Å². The van der Waals surface area contributed by atoms with Crippen molar-refractivity contribution < 1.29 is 9.18 Å². The van der Waals surface area contributed by atoms with E-state index in [4.69, 9.17) is 0 Å². The zero-order valence-electron chi connectivity index (χ0n) is 12.7. The number of para-hydroxylation sites is 1. The summed E-state index contributed by atoms with van der Waals surface area (Å²) in [6.07, 6.45) is 0.784. The Bertz CT molecular complexity index is 767. The van der Waals surface area contributed by atoms with Crippen molar-refractivity contribution in [2.75, 3.05) is 5.32 Å². The first-order chi connectivity index (χ1) is 10.5. The Morgan fingerprint density at radius 1 is 1.09 bits per heavy atom. The molecule has 1 spiro atoms. The van der Waals surface area contributed by atoms with Gasteiger partial charge in [0.1, 0.15) is 5.82 Å². The van der Waals surface area contributed by atoms with Crippen LogP contribution in [0.4, 0.5) is 10.1 Å². The van der Waals surface area contributed by atoms with Gasteiger partial charge in [-0.2, -0.15) is 0 Å². The van der Waals surface area contributed by atoms with E-state index in [1.54, 1.807) is 0 Å². The molecular weight excluding hydrogens is 277 g/mol. The molecule has 2 aliphatic rings. The lowest BCUT2D eigenvalue weighted by Crippen LogP contribution is -2.33. The van der Waals surface area contributed by atoms with Gasteiger partial charge in [0.05, 0.1) is 5.41 Å². The molecule has 2 aromatic carbocycles. The lowest BCUT2D eigenvalue weighted by atomic mass is 9.75. The highest BCUT2D eigenvalue weighted by Gasteiger charge is 2.76. The van der Waals surface area contributed by atoms with Gasteiger partial charge in [0, 0.05) is 11.1 Å². The van der Waals surface area contributed by atoms with Crippen molar-refractivity contribution in [1.29, 1.82) is 0 Å². The number of carbonyl (C=O) groups excluding carboxylic acids is 1. The van der Waals surface area contributed by atoms with Crippen LogP contribution in [0.5, 0.6) is 0 Å². The Labute approximate surface area is 129 Å². The van der Waals surface area contributed by atoms with E-state index in [-0.39, 0.29) is 23.1 Å². The van der Waals surface area contributed by atoms with Crippen molar-refractivity contribution in [2.45, 2.75) is 31.1 Å². The van der Waals surface area contributed by atoms with Crippen molar-refractivity contribution >= 4 is 11.6 Å². The lowest BCUT2D eigenvalue weighted by Gasteiger charge is -2.26. The van der Waals surface area contributed by atoms with Crippen molar-refractivity contribution in [3.8, 4) is 0 Å². The predicted octanol–water partition coefficient (Wildman–Crippen LogP) is 4.01. The summed E-state index contributed by atoms with van der Waals surface area (Å²) < 4.78 is 13.3. The topological polar surface area (TPSA) is 29.1 Å². The van der Waals surface area contributed by atoms with Gasteiger partial charge in [-0.3, -0.25) is 4.79 Å². The van der Waals surface area contributed by atoms with Gasteiger partial charge in [-0.05, 0) is 41.7 Å². The number of rotatable bonds is 2. The Kier molecular flexibility index (Phi) is 2.57. The van der Waals surface area contributed by atoms with Gasteiger partial charge in [-0.1, -0.05) is 44.2 Å². The maximum atomic E-state index is 13.3. The van der Waals surface area contributed by atoms with Gasteiger partial charge in [0.25, 0.3) is 0 Å². The van der Waals surface area contributed by atoms with Crippen LogP contribution in [0.3, 0.4) is 0 Å². The summed E-state index contributed by atoms with van der Waals surface area (Å²) in [5.74, 6) is 0.121. The van der Waals surface area contributed by atoms with Crippen LogP contribution in [0.2, 0.25) is 0 Å². The molecule has 1 fully saturated rings. The number of carbonyl (C=O) groups is 1. The summed E-state index contributed by atoms with van der Waals surface area (Å²) in [5.41, 5.74) is 2.29. The fourth-order valence-corrected chi connectivity index (χ4v) is 4.43. The van der Waals surface area contributed by atoms with Crippen LogP contribution in [-0.4, -0.2) is 5.91 Å². The van der Waals surface area contributed by atoms with Crippen LogP contribution in [0, 0.1) is 11.7 Å². The number of halogens is 1. The maximum Gasteiger partial charge on any atom is 0.236 e. The lowest BCUT2D eigenvalue weighted by molar-refractivity contribution is -0.118. The molecule has 22 heavy (non-hydrogen) atoms. The largest absolute Gasteiger partial charge is 0.325 e. The molecule has 1 aliphatic carbocycles. The number of amides is 1. The summed E-state index contributed by atoms with van der Waals surface area (Å²) in [6, 6.07) is 14.6. The summed E-state index contributed by atoms with van der Waals surface area (Å²) in [5, 5.41) is 3.03. The molecule has 1 aliphatic heterocycles. The highest BCUT2D eigenvalue weighted by atomic mass is 19.1. The Hall–Kier alpha value is -2.16. The predicted molar refractivity (Wildman–Crippen MR) is 84.3 cm³/mol. The first kappa shape index (κ1) is 13.5. The van der Waals surface area contributed by atoms with Crippen molar-refractivity contribution in [3.63, 3.8) is 0 Å². The molecule has 0 bridgehead atoms. The first-order valence-corrected chi connectivity index (χ1v) is 7.69. The first-order valence-electron chi connectivity index (χ1n) is 7.69. The van der Waals surface area contributed by atoms with Gasteiger partial charge >= 0.3 is 0 Å². The fourth-order valence-electron chi connectivity index (χ4n) is 4.43. The molecule has 0 saturated heterocycles. The molecular formula is C19H18FNO. The van der Waals surface area contributed by atoms with Gasteiger partial charge in [0.2, 0.25) is 5.91 Å². The molecule has 1 saturated carbocycles. The number of hydrogen-bond donors (Lipinski definition) is 1. The minimum absolute atomic E-state index is 0.0757. The average molecular weight is 295 g/mol. The Morgan fingerprint density at radius 2 is 1.77 bits per heavy atom. The molecule has 1 N–H and O–H groups in total. The highest BCUT2D eigenvalue weighted by molar-refractivity contribution is 6.10. The summed E-state index contributed by atoms with van der Waals surface area (Å²) >= 11 is 0. The van der Waals surface area contributed by atoms with Crippen LogP contribution in [0.25, 0.3) is 0 Å². The SMILES string of the molecule is CC(C)[C@]1(c2ccc(F)cc2)C[C@]12C(=O)Nc1ccccc12. The van der Waals surface area contributed by atoms with E-state index < -0.39 is 5.41 Å². The van der Waals surface area contributed by atoms with Gasteiger partial charge in [-0.15, -0.1) is 0 Å². The van der Waals surface area contributed by atoms with E-state index in [1.165, 1.54) is 12.1 Å². The molecule has 2 aromatic rings. The van der Waals surface area contributed by atoms with Crippen LogP contribution >= 0.6 is 0 Å². The number of nitrogens with one attached hydrogen (secondary N) is 1. The third-order valence-corrected chi connectivity index (χ3v) is 5.55. The molecule has 112 valence electrons. The molecule has 2 atom stereocenters. The fraction of sp³-hybridized carbons (Fsp3) is 0.316. The van der Waals surface area contributed by atoms with E-state index in [2.05, 4.69) is 19.2 Å². The smallest absolute Gasteiger partial charge is 0.236 e. The van der Waals surface area contributed by atoms with Gasteiger partial charge in [-0.25, -0.2) is 4.39 Å². The van der Waals surface area contributed by atoms with Crippen molar-refractivity contribution in [3.05, 3.63) is 65.5 Å². The third-order valence-electron chi connectivity index (χ3n) is 5.55. The van der Waals surface area contributed by atoms with Crippen LogP contribution in [0.1, 0.15) is 31.4 Å². The molecule has 0 aromatic heterocycles. The molecule has 0 radical (unpaired) electrons. The maximum absolute atomic E-state index is 13.3. The Balaban J connectivity index is 1.91. The van der Waals surface area contributed by atoms with Crippen molar-refractivity contribution in [2.24, 2.45) is 5.92 Å². The zero-order chi connectivity index (χ0) is 15.5. The van der Waals surface area contributed by atoms with Crippen LogP contribution in [-0.2, 0) is 15.6 Å². The minimum Gasteiger partial charge on any atom is -0.325 e. The third kappa shape index (κ3) is 1.41. The summed E-state index contributed by atoms with van der Waals surface area (Å²) in [6.45, 7) is 4.29. The van der Waals surface area contributed by atoms with Gasteiger partial charge < -0.3 is 5.32 Å². The molecule has 4 rings (SSSR count). The van der Waals surface area contributed by atoms with E-state index >= 15 is 0 Å². The van der Waals surface area contributed by atoms with Crippen molar-refractivity contribution in [1.82, 2.24) is 0 Å². The van der Waals surface area contributed by atoms with E-state index in [0.717, 1.165) is 23.2 Å². The zero-order valence-corrected chi connectivity index (χ0v) is 12.7. The summed E-state index contributed by atoms with van der Waals surface area (Å²) in [4.78, 5) is 12.8. The molecule has 1 amide bonds. The second kappa shape index (κ2) is 4.19. The minimum atomic E-state index is -0.504. The summed E-state index contributed by atoms with van der Waals surface area (Å²) in [7, 11) is 0. The van der Waals surface area contributed by atoms with E-state index in [1.807, 2.05) is 36.4 Å². The molecule has 0 unspecified atom stereocenters. The van der Waals surface area contributed by atoms with E-state index in [9.17, 15) is 9.18 Å². The standard InChI is InChI=1S/C19H18FNO/c1-12(2)18(13-7-9-14(20)10-8-13)11-19(18)15-5-3-4-6-16(15)21-17(19)22/h3-10,12H,11H2,1-2H3,(H,21,22)/t18-,19-/m0/s1. The number of fused-ring (bicyclic) bond motifs is 2. The quantitative estimate of drug-likeness (QED) is 0.891. The van der Waals surface area contributed by atoms with Crippen LogP contribution < -0.4 is 5.32 Å². The molecule has 1 heterocycles. The highest BCUT2D eigenvalue weighted by Crippen LogP contribution is 2.72.